The molecule has 0 aliphatic heterocycles. The number of methoxy groups -OCH3 is 1. The van der Waals surface area contributed by atoms with Crippen LogP contribution in [0.4, 0.5) is 0 Å². The fourth-order valence-electron chi connectivity index (χ4n) is 1.16. The number of hydrogen-bond acceptors (Lipinski definition) is 2. The highest BCUT2D eigenvalue weighted by Crippen LogP contribution is 2.12. The lowest BCUT2D eigenvalue weighted by Crippen LogP contribution is -2.05. The summed E-state index contributed by atoms with van der Waals surface area (Å²) in [7, 11) is 3.64. The van der Waals surface area contributed by atoms with E-state index in [4.69, 9.17) is 4.74 Å². The Hall–Kier alpha value is -1.28. The van der Waals surface area contributed by atoms with Crippen LogP contribution in [-0.2, 0) is 0 Å². The minimum atomic E-state index is 0.900. The van der Waals surface area contributed by atoms with Crippen molar-refractivity contribution in [2.75, 3.05) is 20.7 Å². The van der Waals surface area contributed by atoms with E-state index in [0.717, 1.165) is 18.7 Å². The largest absolute Gasteiger partial charge is 0.497 e. The van der Waals surface area contributed by atoms with Crippen LogP contribution in [0, 0.1) is 0 Å². The summed E-state index contributed by atoms with van der Waals surface area (Å²) in [4.78, 5) is 0. The van der Waals surface area contributed by atoms with E-state index in [0.29, 0.717) is 0 Å². The Morgan fingerprint density at radius 2 is 2.00 bits per heavy atom. The number of benzene rings is 1. The van der Waals surface area contributed by atoms with E-state index in [1.165, 1.54) is 5.56 Å². The van der Waals surface area contributed by atoms with Gasteiger partial charge in [0.25, 0.3) is 0 Å². The smallest absolute Gasteiger partial charge is 0.118 e. The zero-order valence-electron chi connectivity index (χ0n) is 8.79. The van der Waals surface area contributed by atoms with Crippen molar-refractivity contribution in [3.05, 3.63) is 35.9 Å². The Labute approximate surface area is 85.6 Å². The van der Waals surface area contributed by atoms with Gasteiger partial charge in [-0.15, -0.1) is 0 Å². The van der Waals surface area contributed by atoms with Crippen molar-refractivity contribution < 1.29 is 4.74 Å². The van der Waals surface area contributed by atoms with Crippen LogP contribution < -0.4 is 10.1 Å². The van der Waals surface area contributed by atoms with E-state index in [2.05, 4.69) is 29.6 Å². The molecule has 0 saturated heterocycles. The summed E-state index contributed by atoms with van der Waals surface area (Å²) >= 11 is 0. The topological polar surface area (TPSA) is 21.3 Å². The lowest BCUT2D eigenvalue weighted by Gasteiger charge is -1.99. The Kier molecular flexibility index (Phi) is 4.79. The molecule has 1 N–H and O–H groups in total. The Bertz CT molecular complexity index is 277. The molecule has 0 aromatic heterocycles. The zero-order valence-corrected chi connectivity index (χ0v) is 8.79. The lowest BCUT2D eigenvalue weighted by atomic mass is 10.2. The number of nitrogens with one attached hydrogen (secondary N) is 1. The SMILES string of the molecule is CNCCC=Cc1ccc(OC)cc1. The summed E-state index contributed by atoms with van der Waals surface area (Å²) in [6, 6.07) is 8.04. The maximum atomic E-state index is 5.08. The average Bonchev–Trinajstić information content (AvgIpc) is 2.25. The number of rotatable bonds is 5. The van der Waals surface area contributed by atoms with E-state index >= 15 is 0 Å². The Morgan fingerprint density at radius 3 is 2.57 bits per heavy atom. The molecule has 2 nitrogen and oxygen atoms in total. The molecule has 0 spiro atoms. The van der Waals surface area contributed by atoms with Gasteiger partial charge in [0.2, 0.25) is 0 Å². The van der Waals surface area contributed by atoms with Crippen LogP contribution in [0.15, 0.2) is 30.3 Å². The lowest BCUT2D eigenvalue weighted by molar-refractivity contribution is 0.415. The van der Waals surface area contributed by atoms with Crippen LogP contribution in [0.2, 0.25) is 0 Å². The minimum Gasteiger partial charge on any atom is -0.497 e. The van der Waals surface area contributed by atoms with Gasteiger partial charge in [0.15, 0.2) is 0 Å². The normalized spacial score (nSPS) is 10.7. The molecule has 14 heavy (non-hydrogen) atoms. The van der Waals surface area contributed by atoms with Crippen molar-refractivity contribution in [2.45, 2.75) is 6.42 Å². The molecule has 0 atom stereocenters. The van der Waals surface area contributed by atoms with Gasteiger partial charge in [0.1, 0.15) is 5.75 Å². The van der Waals surface area contributed by atoms with E-state index in [1.54, 1.807) is 7.11 Å². The van der Waals surface area contributed by atoms with Gasteiger partial charge in [-0.1, -0.05) is 24.3 Å². The van der Waals surface area contributed by atoms with Crippen molar-refractivity contribution in [2.24, 2.45) is 0 Å². The third kappa shape index (κ3) is 3.62. The molecular formula is C12H17NO. The first-order valence-electron chi connectivity index (χ1n) is 4.82. The summed E-state index contributed by atoms with van der Waals surface area (Å²) in [6.07, 6.45) is 5.34. The Balaban J connectivity index is 2.47. The monoisotopic (exact) mass is 191 g/mol. The Morgan fingerprint density at radius 1 is 1.29 bits per heavy atom. The predicted molar refractivity (Wildman–Crippen MR) is 60.6 cm³/mol. The standard InChI is InChI=1S/C12H17NO/c1-13-10-4-3-5-11-6-8-12(14-2)9-7-11/h3,5-9,13H,4,10H2,1-2H3. The third-order valence-electron chi connectivity index (χ3n) is 1.99. The molecule has 0 amide bonds. The number of ether oxygens (including phenoxy) is 1. The molecule has 0 unspecified atom stereocenters. The first kappa shape index (κ1) is 10.8. The quantitative estimate of drug-likeness (QED) is 0.721. The molecule has 0 fully saturated rings. The third-order valence-corrected chi connectivity index (χ3v) is 1.99. The van der Waals surface area contributed by atoms with Crippen molar-refractivity contribution in [1.82, 2.24) is 5.32 Å². The fourth-order valence-corrected chi connectivity index (χ4v) is 1.16. The van der Waals surface area contributed by atoms with Crippen LogP contribution in [0.3, 0.4) is 0 Å². The second kappa shape index (κ2) is 6.22. The first-order valence-corrected chi connectivity index (χ1v) is 4.82. The van der Waals surface area contributed by atoms with Gasteiger partial charge in [0, 0.05) is 0 Å². The molecule has 76 valence electrons. The highest BCUT2D eigenvalue weighted by Gasteiger charge is 1.89. The molecule has 0 aliphatic rings. The van der Waals surface area contributed by atoms with Crippen molar-refractivity contribution >= 4 is 6.08 Å². The van der Waals surface area contributed by atoms with Gasteiger partial charge < -0.3 is 10.1 Å². The van der Waals surface area contributed by atoms with E-state index in [1.807, 2.05) is 19.2 Å². The van der Waals surface area contributed by atoms with E-state index in [9.17, 15) is 0 Å². The number of hydrogen-bond donors (Lipinski definition) is 1. The maximum Gasteiger partial charge on any atom is 0.118 e. The van der Waals surface area contributed by atoms with Gasteiger partial charge in [-0.25, -0.2) is 0 Å². The van der Waals surface area contributed by atoms with Gasteiger partial charge in [-0.05, 0) is 37.7 Å². The first-order chi connectivity index (χ1) is 6.86. The van der Waals surface area contributed by atoms with Gasteiger partial charge in [-0.3, -0.25) is 0 Å². The molecule has 0 bridgehead atoms. The van der Waals surface area contributed by atoms with E-state index in [-0.39, 0.29) is 0 Å². The fraction of sp³-hybridized carbons (Fsp3) is 0.333. The molecule has 1 rings (SSSR count). The molecule has 0 heterocycles. The second-order valence-electron chi connectivity index (χ2n) is 3.07. The van der Waals surface area contributed by atoms with E-state index < -0.39 is 0 Å². The zero-order chi connectivity index (χ0) is 10.2. The van der Waals surface area contributed by atoms with Gasteiger partial charge in [-0.2, -0.15) is 0 Å². The summed E-state index contributed by atoms with van der Waals surface area (Å²) in [5.74, 6) is 0.900. The summed E-state index contributed by atoms with van der Waals surface area (Å²) < 4.78 is 5.08. The van der Waals surface area contributed by atoms with Crippen LogP contribution in [0.1, 0.15) is 12.0 Å². The van der Waals surface area contributed by atoms with Crippen LogP contribution in [0.25, 0.3) is 6.08 Å². The molecule has 0 saturated carbocycles. The minimum absolute atomic E-state index is 0.900. The summed E-state index contributed by atoms with van der Waals surface area (Å²) in [5, 5.41) is 3.10. The summed E-state index contributed by atoms with van der Waals surface area (Å²) in [6.45, 7) is 1.02. The highest BCUT2D eigenvalue weighted by atomic mass is 16.5. The highest BCUT2D eigenvalue weighted by molar-refractivity contribution is 5.50. The van der Waals surface area contributed by atoms with Gasteiger partial charge >= 0.3 is 0 Å². The van der Waals surface area contributed by atoms with Gasteiger partial charge in [0.05, 0.1) is 7.11 Å². The van der Waals surface area contributed by atoms with Crippen LogP contribution >= 0.6 is 0 Å². The van der Waals surface area contributed by atoms with Crippen LogP contribution in [-0.4, -0.2) is 20.7 Å². The molecular weight excluding hydrogens is 174 g/mol. The van der Waals surface area contributed by atoms with Crippen molar-refractivity contribution in [1.29, 1.82) is 0 Å². The summed E-state index contributed by atoms with van der Waals surface area (Å²) in [5.41, 5.74) is 1.21. The molecule has 0 aliphatic carbocycles. The molecule has 1 aromatic rings. The molecule has 1 aromatic carbocycles. The average molecular weight is 191 g/mol. The predicted octanol–water partition coefficient (Wildman–Crippen LogP) is 2.32. The van der Waals surface area contributed by atoms with Crippen molar-refractivity contribution in [3.63, 3.8) is 0 Å². The maximum absolute atomic E-state index is 5.08. The molecule has 2 heteroatoms. The second-order valence-corrected chi connectivity index (χ2v) is 3.07. The van der Waals surface area contributed by atoms with Crippen LogP contribution in [0.5, 0.6) is 5.75 Å². The molecule has 0 radical (unpaired) electrons. The van der Waals surface area contributed by atoms with Crippen molar-refractivity contribution in [3.8, 4) is 5.75 Å².